The molecule has 0 atom stereocenters. The van der Waals surface area contributed by atoms with Gasteiger partial charge in [-0.25, -0.2) is 15.7 Å². The van der Waals surface area contributed by atoms with Crippen molar-refractivity contribution >= 4 is 28.2 Å². The first-order valence-electron chi connectivity index (χ1n) is 5.36. The van der Waals surface area contributed by atoms with Gasteiger partial charge < -0.3 is 0 Å². The van der Waals surface area contributed by atoms with Crippen molar-refractivity contribution < 1.29 is 0 Å². The van der Waals surface area contributed by atoms with E-state index in [0.29, 0.717) is 22.1 Å². The van der Waals surface area contributed by atoms with Gasteiger partial charge in [0, 0.05) is 6.04 Å². The van der Waals surface area contributed by atoms with Gasteiger partial charge in [-0.15, -0.1) is 15.3 Å². The Labute approximate surface area is 110 Å². The fraction of sp³-hybridized carbons (Fsp3) is 0.500. The minimum atomic E-state index is -0.137. The maximum Gasteiger partial charge on any atom is 0.344 e. The number of hydrogen-bond acceptors (Lipinski definition) is 8. The lowest BCUT2D eigenvalue weighted by molar-refractivity contribution is 0.642. The van der Waals surface area contributed by atoms with Gasteiger partial charge in [0.1, 0.15) is 5.01 Å². The van der Waals surface area contributed by atoms with E-state index in [-0.39, 0.29) is 5.69 Å². The highest BCUT2D eigenvalue weighted by Crippen LogP contribution is 2.36. The van der Waals surface area contributed by atoms with Crippen LogP contribution in [0.2, 0.25) is 0 Å². The fourth-order valence-electron chi connectivity index (χ4n) is 1.54. The lowest BCUT2D eigenvalue weighted by Crippen LogP contribution is -2.16. The largest absolute Gasteiger partial charge is 0.344 e. The molecule has 1 fully saturated rings. The van der Waals surface area contributed by atoms with Crippen LogP contribution in [0.4, 0.5) is 5.13 Å². The van der Waals surface area contributed by atoms with Gasteiger partial charge in [0.25, 0.3) is 0 Å². The van der Waals surface area contributed by atoms with Crippen LogP contribution in [0.3, 0.4) is 0 Å². The summed E-state index contributed by atoms with van der Waals surface area (Å²) in [6, 6.07) is 0.314. The molecule has 1 aliphatic rings. The number of nitrogens with two attached hydrogens (primary N) is 1. The van der Waals surface area contributed by atoms with Crippen LogP contribution < -0.4 is 17.0 Å². The summed E-state index contributed by atoms with van der Waals surface area (Å²) in [6.07, 6.45) is 2.10. The van der Waals surface area contributed by atoms with Crippen molar-refractivity contribution in [2.24, 2.45) is 5.84 Å². The molecule has 0 unspecified atom stereocenters. The smallest absolute Gasteiger partial charge is 0.298 e. The monoisotopic (exact) mass is 285 g/mol. The summed E-state index contributed by atoms with van der Waals surface area (Å²) in [5.74, 6) is 5.86. The lowest BCUT2D eigenvalue weighted by Gasteiger charge is -2.00. The van der Waals surface area contributed by atoms with Gasteiger partial charge in [-0.3, -0.25) is 9.99 Å². The van der Waals surface area contributed by atoms with E-state index >= 15 is 0 Å². The zero-order valence-electron chi connectivity index (χ0n) is 9.29. The van der Waals surface area contributed by atoms with E-state index < -0.39 is 0 Å². The molecule has 2 aromatic rings. The molecule has 10 heteroatoms. The van der Waals surface area contributed by atoms with Gasteiger partial charge in [-0.05, 0) is 12.8 Å². The molecule has 96 valence electrons. The van der Waals surface area contributed by atoms with Gasteiger partial charge >= 0.3 is 5.69 Å². The van der Waals surface area contributed by atoms with Crippen LogP contribution in [-0.2, 0) is 5.75 Å². The molecule has 4 N–H and O–H groups in total. The maximum atomic E-state index is 11.6. The molecule has 0 aliphatic heterocycles. The second-order valence-corrected chi connectivity index (χ2v) is 5.85. The Morgan fingerprint density at radius 1 is 1.56 bits per heavy atom. The van der Waals surface area contributed by atoms with E-state index in [4.69, 9.17) is 5.84 Å². The number of aromatic nitrogens is 5. The summed E-state index contributed by atoms with van der Waals surface area (Å²) < 4.78 is 1.72. The quantitative estimate of drug-likeness (QED) is 0.412. The summed E-state index contributed by atoms with van der Waals surface area (Å²) in [7, 11) is 0. The maximum absolute atomic E-state index is 11.6. The molecular weight excluding hydrogens is 274 g/mol. The standard InChI is InChI=1S/C8H11N7OS2/c9-10-6-12-11-5(18-6)3-17-8-14-13-7(16)15(8)4-1-2-4/h4H,1-3,9H2,(H,10,12)(H,13,16). The topological polar surface area (TPSA) is 115 Å². The van der Waals surface area contributed by atoms with Crippen LogP contribution in [0.1, 0.15) is 23.9 Å². The van der Waals surface area contributed by atoms with Crippen LogP contribution in [0, 0.1) is 0 Å². The predicted molar refractivity (Wildman–Crippen MR) is 68.4 cm³/mol. The molecule has 8 nitrogen and oxygen atoms in total. The Morgan fingerprint density at radius 3 is 3.06 bits per heavy atom. The van der Waals surface area contributed by atoms with Crippen molar-refractivity contribution in [2.75, 3.05) is 5.43 Å². The second-order valence-electron chi connectivity index (χ2n) is 3.85. The Hall–Kier alpha value is -1.39. The first-order valence-corrected chi connectivity index (χ1v) is 7.17. The first kappa shape index (κ1) is 11.7. The molecule has 0 bridgehead atoms. The Bertz CT molecular complexity index is 599. The number of aromatic amines is 1. The van der Waals surface area contributed by atoms with Crippen LogP contribution in [0.5, 0.6) is 0 Å². The van der Waals surface area contributed by atoms with E-state index in [2.05, 4.69) is 25.8 Å². The normalized spacial score (nSPS) is 14.9. The fourth-order valence-corrected chi connectivity index (χ4v) is 3.19. The summed E-state index contributed by atoms with van der Waals surface area (Å²) in [5.41, 5.74) is 2.31. The summed E-state index contributed by atoms with van der Waals surface area (Å²) in [4.78, 5) is 11.6. The molecule has 2 aromatic heterocycles. The molecule has 0 spiro atoms. The summed E-state index contributed by atoms with van der Waals surface area (Å²) in [6.45, 7) is 0. The minimum Gasteiger partial charge on any atom is -0.298 e. The molecule has 0 radical (unpaired) electrons. The number of nitrogens with zero attached hydrogens (tertiary/aromatic N) is 4. The number of H-pyrrole nitrogens is 1. The zero-order valence-corrected chi connectivity index (χ0v) is 10.9. The number of anilines is 1. The van der Waals surface area contributed by atoms with Crippen LogP contribution in [-0.4, -0.2) is 25.0 Å². The highest BCUT2D eigenvalue weighted by molar-refractivity contribution is 7.98. The van der Waals surface area contributed by atoms with Crippen molar-refractivity contribution in [1.29, 1.82) is 0 Å². The van der Waals surface area contributed by atoms with Crippen LogP contribution in [0.15, 0.2) is 9.95 Å². The van der Waals surface area contributed by atoms with Crippen molar-refractivity contribution in [2.45, 2.75) is 29.8 Å². The van der Waals surface area contributed by atoms with Gasteiger partial charge in [0.2, 0.25) is 5.13 Å². The van der Waals surface area contributed by atoms with E-state index in [1.165, 1.54) is 23.1 Å². The number of hydrazine groups is 1. The molecule has 0 aromatic carbocycles. The zero-order chi connectivity index (χ0) is 12.5. The Morgan fingerprint density at radius 2 is 2.39 bits per heavy atom. The van der Waals surface area contributed by atoms with Crippen molar-refractivity contribution in [3.05, 3.63) is 15.5 Å². The van der Waals surface area contributed by atoms with Gasteiger partial charge in [0.15, 0.2) is 5.16 Å². The third-order valence-electron chi connectivity index (χ3n) is 2.50. The highest BCUT2D eigenvalue weighted by atomic mass is 32.2. The Kier molecular flexibility index (Phi) is 3.06. The number of nitrogens with one attached hydrogen (secondary N) is 2. The summed E-state index contributed by atoms with van der Waals surface area (Å²) in [5, 5.41) is 16.5. The van der Waals surface area contributed by atoms with E-state index in [1.54, 1.807) is 4.57 Å². The average molecular weight is 285 g/mol. The summed E-state index contributed by atoms with van der Waals surface area (Å²) >= 11 is 2.86. The first-order chi connectivity index (χ1) is 8.78. The van der Waals surface area contributed by atoms with Gasteiger partial charge in [0.05, 0.1) is 5.75 Å². The number of nitrogen functional groups attached to an aromatic ring is 1. The highest BCUT2D eigenvalue weighted by Gasteiger charge is 2.28. The lowest BCUT2D eigenvalue weighted by atomic mass is 10.7. The molecule has 1 aliphatic carbocycles. The minimum absolute atomic E-state index is 0.137. The van der Waals surface area contributed by atoms with E-state index in [0.717, 1.165) is 17.8 Å². The molecular formula is C8H11N7OS2. The number of thioether (sulfide) groups is 1. The van der Waals surface area contributed by atoms with Crippen molar-refractivity contribution in [1.82, 2.24) is 25.0 Å². The van der Waals surface area contributed by atoms with Crippen LogP contribution >= 0.6 is 23.1 Å². The number of hydrogen-bond donors (Lipinski definition) is 3. The van der Waals surface area contributed by atoms with Crippen LogP contribution in [0.25, 0.3) is 0 Å². The molecule has 3 rings (SSSR count). The predicted octanol–water partition coefficient (Wildman–Crippen LogP) is 0.336. The third kappa shape index (κ3) is 2.26. The SMILES string of the molecule is NNc1nnc(CSc2n[nH]c(=O)n2C2CC2)s1. The average Bonchev–Trinajstić information content (AvgIpc) is 2.98. The van der Waals surface area contributed by atoms with Crippen molar-refractivity contribution in [3.8, 4) is 0 Å². The molecule has 2 heterocycles. The second kappa shape index (κ2) is 4.71. The van der Waals surface area contributed by atoms with Gasteiger partial charge in [-0.1, -0.05) is 23.1 Å². The molecule has 0 amide bonds. The Balaban J connectivity index is 1.71. The third-order valence-corrected chi connectivity index (χ3v) is 4.50. The van der Waals surface area contributed by atoms with Gasteiger partial charge in [-0.2, -0.15) is 0 Å². The number of rotatable bonds is 5. The molecule has 18 heavy (non-hydrogen) atoms. The van der Waals surface area contributed by atoms with E-state index in [1.807, 2.05) is 0 Å². The molecule has 1 saturated carbocycles. The van der Waals surface area contributed by atoms with Crippen molar-refractivity contribution in [3.63, 3.8) is 0 Å². The molecule has 0 saturated heterocycles. The van der Waals surface area contributed by atoms with E-state index in [9.17, 15) is 4.79 Å².